The van der Waals surface area contributed by atoms with E-state index in [9.17, 15) is 4.79 Å². The minimum Gasteiger partial charge on any atom is -0.396 e. The van der Waals surface area contributed by atoms with Gasteiger partial charge in [-0.3, -0.25) is 4.79 Å². The lowest BCUT2D eigenvalue weighted by Crippen LogP contribution is -2.41. The van der Waals surface area contributed by atoms with Gasteiger partial charge in [-0.25, -0.2) is 0 Å². The molecule has 1 fully saturated rings. The SMILES string of the molecule is CN(C(=O)CC(C)(C)C)C1CCC(CO)CC1. The van der Waals surface area contributed by atoms with Crippen LogP contribution in [0.5, 0.6) is 0 Å². The Morgan fingerprint density at radius 1 is 1.24 bits per heavy atom. The fourth-order valence-corrected chi connectivity index (χ4v) is 2.50. The van der Waals surface area contributed by atoms with Crippen LogP contribution >= 0.6 is 0 Å². The van der Waals surface area contributed by atoms with Crippen LogP contribution in [0.4, 0.5) is 0 Å². The number of nitrogens with zero attached hydrogens (tertiary/aromatic N) is 1. The van der Waals surface area contributed by atoms with Crippen molar-refractivity contribution in [2.24, 2.45) is 11.3 Å². The summed E-state index contributed by atoms with van der Waals surface area (Å²) in [5.41, 5.74) is 0.0631. The van der Waals surface area contributed by atoms with Gasteiger partial charge < -0.3 is 10.0 Å². The largest absolute Gasteiger partial charge is 0.396 e. The van der Waals surface area contributed by atoms with Crippen LogP contribution in [0.15, 0.2) is 0 Å². The van der Waals surface area contributed by atoms with Gasteiger partial charge in [-0.05, 0) is 37.0 Å². The molecule has 0 aromatic heterocycles. The third kappa shape index (κ3) is 4.66. The predicted octanol–water partition coefficient (Wildman–Crippen LogP) is 2.43. The Hall–Kier alpha value is -0.570. The molecule has 0 heterocycles. The van der Waals surface area contributed by atoms with Crippen molar-refractivity contribution in [3.05, 3.63) is 0 Å². The van der Waals surface area contributed by atoms with Gasteiger partial charge in [-0.15, -0.1) is 0 Å². The molecule has 100 valence electrons. The van der Waals surface area contributed by atoms with Crippen molar-refractivity contribution < 1.29 is 9.90 Å². The Bertz CT molecular complexity index is 249. The highest BCUT2D eigenvalue weighted by molar-refractivity contribution is 5.76. The number of carbonyl (C=O) groups excluding carboxylic acids is 1. The van der Waals surface area contributed by atoms with Gasteiger partial charge in [0.2, 0.25) is 5.91 Å². The summed E-state index contributed by atoms with van der Waals surface area (Å²) < 4.78 is 0. The van der Waals surface area contributed by atoms with Crippen molar-refractivity contribution >= 4 is 5.91 Å². The third-order valence-electron chi connectivity index (χ3n) is 3.70. The first kappa shape index (κ1) is 14.5. The predicted molar refractivity (Wildman–Crippen MR) is 69.7 cm³/mol. The summed E-state index contributed by atoms with van der Waals surface area (Å²) in [5, 5.41) is 9.10. The molecule has 1 saturated carbocycles. The topological polar surface area (TPSA) is 40.5 Å². The molecule has 1 rings (SSSR count). The first-order valence-electron chi connectivity index (χ1n) is 6.70. The molecule has 0 atom stereocenters. The molecule has 0 spiro atoms. The first-order valence-corrected chi connectivity index (χ1v) is 6.70. The van der Waals surface area contributed by atoms with Crippen molar-refractivity contribution in [2.45, 2.75) is 58.9 Å². The van der Waals surface area contributed by atoms with Gasteiger partial charge >= 0.3 is 0 Å². The maximum Gasteiger partial charge on any atom is 0.223 e. The van der Waals surface area contributed by atoms with E-state index < -0.39 is 0 Å². The molecule has 0 aromatic rings. The Labute approximate surface area is 105 Å². The van der Waals surface area contributed by atoms with Crippen LogP contribution in [0, 0.1) is 11.3 Å². The van der Waals surface area contributed by atoms with Crippen molar-refractivity contribution in [2.75, 3.05) is 13.7 Å². The standard InChI is InChI=1S/C14H27NO2/c1-14(2,3)9-13(17)15(4)12-7-5-11(10-16)6-8-12/h11-12,16H,5-10H2,1-4H3. The second-order valence-corrected chi connectivity index (χ2v) is 6.60. The zero-order valence-corrected chi connectivity index (χ0v) is 11.7. The Kier molecular flexibility index (Phi) is 4.99. The fraction of sp³-hybridized carbons (Fsp3) is 0.929. The lowest BCUT2D eigenvalue weighted by atomic mass is 9.85. The highest BCUT2D eigenvalue weighted by atomic mass is 16.3. The molecule has 3 nitrogen and oxygen atoms in total. The molecule has 17 heavy (non-hydrogen) atoms. The van der Waals surface area contributed by atoms with E-state index in [2.05, 4.69) is 20.8 Å². The summed E-state index contributed by atoms with van der Waals surface area (Å²) in [6.45, 7) is 6.59. The van der Waals surface area contributed by atoms with Gasteiger partial charge in [0.25, 0.3) is 0 Å². The van der Waals surface area contributed by atoms with Gasteiger partial charge in [0.05, 0.1) is 0 Å². The zero-order chi connectivity index (χ0) is 13.1. The van der Waals surface area contributed by atoms with Crippen molar-refractivity contribution in [3.63, 3.8) is 0 Å². The number of aliphatic hydroxyl groups excluding tert-OH is 1. The smallest absolute Gasteiger partial charge is 0.223 e. The second kappa shape index (κ2) is 5.85. The highest BCUT2D eigenvalue weighted by Crippen LogP contribution is 2.28. The Morgan fingerprint density at radius 2 is 1.76 bits per heavy atom. The van der Waals surface area contributed by atoms with Crippen LogP contribution < -0.4 is 0 Å². The summed E-state index contributed by atoms with van der Waals surface area (Å²) >= 11 is 0. The second-order valence-electron chi connectivity index (χ2n) is 6.60. The van der Waals surface area contributed by atoms with Crippen molar-refractivity contribution in [3.8, 4) is 0 Å². The molecular weight excluding hydrogens is 214 g/mol. The Morgan fingerprint density at radius 3 is 2.18 bits per heavy atom. The van der Waals surface area contributed by atoms with Gasteiger partial charge in [0.1, 0.15) is 0 Å². The van der Waals surface area contributed by atoms with E-state index in [4.69, 9.17) is 5.11 Å². The normalized spacial score (nSPS) is 25.7. The Balaban J connectivity index is 2.43. The first-order chi connectivity index (χ1) is 7.83. The molecule has 0 aliphatic heterocycles. The van der Waals surface area contributed by atoms with Crippen LogP contribution in [-0.4, -0.2) is 35.6 Å². The van der Waals surface area contributed by atoms with Gasteiger partial charge in [-0.1, -0.05) is 20.8 Å². The van der Waals surface area contributed by atoms with Crippen molar-refractivity contribution in [1.29, 1.82) is 0 Å². The average molecular weight is 241 g/mol. The number of aliphatic hydroxyl groups is 1. The average Bonchev–Trinajstić information content (AvgIpc) is 2.26. The van der Waals surface area contributed by atoms with Crippen LogP contribution in [0.3, 0.4) is 0 Å². The lowest BCUT2D eigenvalue weighted by Gasteiger charge is -2.35. The fourth-order valence-electron chi connectivity index (χ4n) is 2.50. The maximum atomic E-state index is 12.1. The maximum absolute atomic E-state index is 12.1. The van der Waals surface area contributed by atoms with E-state index in [1.54, 1.807) is 0 Å². The monoisotopic (exact) mass is 241 g/mol. The van der Waals surface area contributed by atoms with E-state index in [1.807, 2.05) is 11.9 Å². The molecule has 1 aliphatic rings. The number of carbonyl (C=O) groups is 1. The van der Waals surface area contributed by atoms with Crippen LogP contribution in [0.25, 0.3) is 0 Å². The summed E-state index contributed by atoms with van der Waals surface area (Å²) in [4.78, 5) is 14.0. The van der Waals surface area contributed by atoms with Gasteiger partial charge in [0, 0.05) is 26.1 Å². The highest BCUT2D eigenvalue weighted by Gasteiger charge is 2.27. The van der Waals surface area contributed by atoms with Crippen LogP contribution in [0.1, 0.15) is 52.9 Å². The molecule has 0 aromatic carbocycles. The van der Waals surface area contributed by atoms with Gasteiger partial charge in [0.15, 0.2) is 0 Å². The molecule has 1 amide bonds. The van der Waals surface area contributed by atoms with E-state index >= 15 is 0 Å². The molecule has 0 radical (unpaired) electrons. The van der Waals surface area contributed by atoms with Crippen LogP contribution in [-0.2, 0) is 4.79 Å². The van der Waals surface area contributed by atoms with E-state index in [0.29, 0.717) is 25.0 Å². The number of rotatable bonds is 3. The molecule has 0 bridgehead atoms. The third-order valence-corrected chi connectivity index (χ3v) is 3.70. The molecule has 3 heteroatoms. The van der Waals surface area contributed by atoms with Crippen LogP contribution in [0.2, 0.25) is 0 Å². The molecule has 1 N–H and O–H groups in total. The van der Waals surface area contributed by atoms with E-state index in [1.165, 1.54) is 0 Å². The van der Waals surface area contributed by atoms with Crippen molar-refractivity contribution in [1.82, 2.24) is 4.90 Å². The van der Waals surface area contributed by atoms with E-state index in [-0.39, 0.29) is 11.3 Å². The minimum absolute atomic E-state index is 0.0631. The molecular formula is C14H27NO2. The quantitative estimate of drug-likeness (QED) is 0.824. The summed E-state index contributed by atoms with van der Waals surface area (Å²) in [6.07, 6.45) is 4.79. The molecule has 0 unspecified atom stereocenters. The summed E-state index contributed by atoms with van der Waals surface area (Å²) in [6, 6.07) is 0.382. The summed E-state index contributed by atoms with van der Waals surface area (Å²) in [5.74, 6) is 0.710. The number of hydrogen-bond acceptors (Lipinski definition) is 2. The number of amides is 1. The number of hydrogen-bond donors (Lipinski definition) is 1. The lowest BCUT2D eigenvalue weighted by molar-refractivity contribution is -0.134. The molecule has 0 saturated heterocycles. The minimum atomic E-state index is 0.0631. The zero-order valence-electron chi connectivity index (χ0n) is 11.7. The van der Waals surface area contributed by atoms with Gasteiger partial charge in [-0.2, -0.15) is 0 Å². The molecule has 1 aliphatic carbocycles. The summed E-state index contributed by atoms with van der Waals surface area (Å²) in [7, 11) is 1.93. The van der Waals surface area contributed by atoms with E-state index in [0.717, 1.165) is 25.7 Å².